The summed E-state index contributed by atoms with van der Waals surface area (Å²) in [6, 6.07) is 1.32. The summed E-state index contributed by atoms with van der Waals surface area (Å²) in [4.78, 5) is 40.7. The molecule has 6 nitrogen and oxygen atoms in total. The van der Waals surface area contributed by atoms with Crippen molar-refractivity contribution in [3.05, 3.63) is 60.8 Å². The number of anilines is 1. The number of amides is 1. The van der Waals surface area contributed by atoms with E-state index in [1.807, 2.05) is 0 Å². The second kappa shape index (κ2) is 5.23. The Labute approximate surface area is 116 Å². The molecule has 3 N–H and O–H groups in total. The normalized spacial score (nSPS) is 10.2. The highest BCUT2D eigenvalue weighted by molar-refractivity contribution is 9.10. The maximum atomic E-state index is 11.9. The Bertz CT molecular complexity index is 748. The van der Waals surface area contributed by atoms with Crippen molar-refractivity contribution >= 4 is 27.5 Å². The molecule has 2 heterocycles. The number of aromatic amines is 2. The van der Waals surface area contributed by atoms with Crippen LogP contribution < -0.4 is 16.2 Å². The van der Waals surface area contributed by atoms with Gasteiger partial charge in [-0.2, -0.15) is 0 Å². The van der Waals surface area contributed by atoms with Gasteiger partial charge < -0.3 is 15.3 Å². The first-order valence-corrected chi connectivity index (χ1v) is 6.15. The van der Waals surface area contributed by atoms with Crippen molar-refractivity contribution in [3.8, 4) is 0 Å². The van der Waals surface area contributed by atoms with E-state index < -0.39 is 11.3 Å². The average Bonchev–Trinajstić information content (AvgIpc) is 2.34. The Morgan fingerprint density at radius 3 is 2.68 bits per heavy atom. The van der Waals surface area contributed by atoms with Gasteiger partial charge in [0.05, 0.1) is 4.47 Å². The molecule has 0 radical (unpaired) electrons. The molecule has 1 amide bonds. The lowest BCUT2D eigenvalue weighted by molar-refractivity contribution is 0.102. The average molecular weight is 324 g/mol. The van der Waals surface area contributed by atoms with Crippen molar-refractivity contribution < 1.29 is 4.79 Å². The van der Waals surface area contributed by atoms with Crippen LogP contribution in [0.25, 0.3) is 0 Å². The van der Waals surface area contributed by atoms with Crippen molar-refractivity contribution in [1.29, 1.82) is 0 Å². The van der Waals surface area contributed by atoms with Crippen LogP contribution in [0.1, 0.15) is 16.1 Å². The molecule has 0 spiro atoms. The molecule has 0 aliphatic heterocycles. The van der Waals surface area contributed by atoms with Crippen LogP contribution in [-0.4, -0.2) is 15.9 Å². The van der Waals surface area contributed by atoms with Gasteiger partial charge in [0.25, 0.3) is 5.91 Å². The van der Waals surface area contributed by atoms with Crippen molar-refractivity contribution in [2.75, 3.05) is 5.32 Å². The lowest BCUT2D eigenvalue weighted by Crippen LogP contribution is -2.24. The van der Waals surface area contributed by atoms with E-state index in [4.69, 9.17) is 0 Å². The Kier molecular flexibility index (Phi) is 3.66. The number of halogens is 1. The predicted molar refractivity (Wildman–Crippen MR) is 74.5 cm³/mol. The monoisotopic (exact) mass is 323 g/mol. The zero-order valence-corrected chi connectivity index (χ0v) is 11.5. The number of carbonyl (C=O) groups is 1. The third kappa shape index (κ3) is 2.82. The van der Waals surface area contributed by atoms with Gasteiger partial charge in [0.2, 0.25) is 5.43 Å². The van der Waals surface area contributed by atoms with Crippen LogP contribution in [0.15, 0.2) is 38.7 Å². The number of hydrogen-bond acceptors (Lipinski definition) is 3. The van der Waals surface area contributed by atoms with Crippen LogP contribution in [-0.2, 0) is 0 Å². The Morgan fingerprint density at radius 2 is 2.00 bits per heavy atom. The van der Waals surface area contributed by atoms with Crippen molar-refractivity contribution in [2.45, 2.75) is 6.92 Å². The van der Waals surface area contributed by atoms with Gasteiger partial charge in [-0.1, -0.05) is 0 Å². The zero-order chi connectivity index (χ0) is 14.0. The molecule has 0 unspecified atom stereocenters. The molecule has 98 valence electrons. The lowest BCUT2D eigenvalue weighted by atomic mass is 10.2. The Hall–Kier alpha value is -2.15. The fourth-order valence-electron chi connectivity index (χ4n) is 1.49. The van der Waals surface area contributed by atoms with E-state index in [0.29, 0.717) is 10.2 Å². The molecule has 0 fully saturated rings. The SMILES string of the molecule is Cc1cc(=O)c(C(=O)Nc2c[nH]cc(Br)c2=O)c[nH]1. The van der Waals surface area contributed by atoms with Crippen LogP contribution in [0.5, 0.6) is 0 Å². The highest BCUT2D eigenvalue weighted by Gasteiger charge is 2.12. The quantitative estimate of drug-likeness (QED) is 0.779. The highest BCUT2D eigenvalue weighted by Crippen LogP contribution is 2.06. The van der Waals surface area contributed by atoms with E-state index in [0.717, 1.165) is 0 Å². The number of hydrogen-bond donors (Lipinski definition) is 3. The molecule has 2 aromatic rings. The molecule has 0 atom stereocenters. The van der Waals surface area contributed by atoms with Crippen LogP contribution in [0.2, 0.25) is 0 Å². The third-order valence-corrected chi connectivity index (χ3v) is 3.04. The van der Waals surface area contributed by atoms with Gasteiger partial charge in [-0.05, 0) is 22.9 Å². The summed E-state index contributed by atoms with van der Waals surface area (Å²) in [6.07, 6.45) is 4.13. The molecular weight excluding hydrogens is 314 g/mol. The van der Waals surface area contributed by atoms with Gasteiger partial charge in [-0.25, -0.2) is 0 Å². The summed E-state index contributed by atoms with van der Waals surface area (Å²) in [5.41, 5.74) is -0.0954. The molecule has 2 rings (SSSR count). The van der Waals surface area contributed by atoms with Gasteiger partial charge in [-0.15, -0.1) is 0 Å². The van der Waals surface area contributed by atoms with E-state index >= 15 is 0 Å². The standard InChI is InChI=1S/C12H10BrN3O3/c1-6-2-10(17)7(3-15-6)12(19)16-9-5-14-4-8(13)11(9)18/h2-5H,1H3,(H,14,18)(H,15,17)(H,16,19). The van der Waals surface area contributed by atoms with Crippen molar-refractivity contribution in [2.24, 2.45) is 0 Å². The van der Waals surface area contributed by atoms with E-state index in [1.54, 1.807) is 6.92 Å². The largest absolute Gasteiger partial charge is 0.365 e. The molecule has 0 aliphatic carbocycles. The fraction of sp³-hybridized carbons (Fsp3) is 0.0833. The molecular formula is C12H10BrN3O3. The number of carbonyl (C=O) groups excluding carboxylic acids is 1. The predicted octanol–water partition coefficient (Wildman–Crippen LogP) is 1.39. The third-order valence-electron chi connectivity index (χ3n) is 2.45. The topological polar surface area (TPSA) is 94.8 Å². The molecule has 0 saturated heterocycles. The summed E-state index contributed by atoms with van der Waals surface area (Å²) in [7, 11) is 0. The Morgan fingerprint density at radius 1 is 1.26 bits per heavy atom. The van der Waals surface area contributed by atoms with E-state index in [1.165, 1.54) is 24.7 Å². The first-order valence-electron chi connectivity index (χ1n) is 5.36. The van der Waals surface area contributed by atoms with Crippen molar-refractivity contribution in [1.82, 2.24) is 9.97 Å². The number of aryl methyl sites for hydroxylation is 1. The van der Waals surface area contributed by atoms with Gasteiger partial charge in [-0.3, -0.25) is 14.4 Å². The summed E-state index contributed by atoms with van der Waals surface area (Å²) in [6.45, 7) is 1.71. The zero-order valence-electron chi connectivity index (χ0n) is 9.91. The molecule has 0 aromatic carbocycles. The molecule has 0 saturated carbocycles. The van der Waals surface area contributed by atoms with Crippen molar-refractivity contribution in [3.63, 3.8) is 0 Å². The van der Waals surface area contributed by atoms with E-state index in [-0.39, 0.29) is 16.7 Å². The summed E-state index contributed by atoms with van der Waals surface area (Å²) in [5.74, 6) is -0.634. The first kappa shape index (κ1) is 13.3. The summed E-state index contributed by atoms with van der Waals surface area (Å²) >= 11 is 3.05. The van der Waals surface area contributed by atoms with Gasteiger partial charge in [0.15, 0.2) is 5.43 Å². The Balaban J connectivity index is 2.34. The summed E-state index contributed by atoms with van der Waals surface area (Å²) in [5, 5.41) is 2.39. The van der Waals surface area contributed by atoms with Gasteiger partial charge in [0, 0.05) is 30.4 Å². The van der Waals surface area contributed by atoms with Crippen LogP contribution >= 0.6 is 15.9 Å². The minimum Gasteiger partial charge on any atom is -0.365 e. The minimum atomic E-state index is -0.634. The van der Waals surface area contributed by atoms with Crippen LogP contribution in [0.4, 0.5) is 5.69 Å². The second-order valence-corrected chi connectivity index (χ2v) is 4.75. The van der Waals surface area contributed by atoms with E-state index in [9.17, 15) is 14.4 Å². The number of rotatable bonds is 2. The molecule has 2 aromatic heterocycles. The lowest BCUT2D eigenvalue weighted by Gasteiger charge is -2.04. The fourth-order valence-corrected chi connectivity index (χ4v) is 1.84. The first-order chi connectivity index (χ1) is 8.99. The number of H-pyrrole nitrogens is 2. The minimum absolute atomic E-state index is 0.0509. The molecule has 7 heteroatoms. The van der Waals surface area contributed by atoms with Crippen LogP contribution in [0.3, 0.4) is 0 Å². The maximum Gasteiger partial charge on any atom is 0.261 e. The number of aromatic nitrogens is 2. The van der Waals surface area contributed by atoms with Gasteiger partial charge in [0.1, 0.15) is 11.3 Å². The molecule has 0 aliphatic rings. The van der Waals surface area contributed by atoms with Crippen LogP contribution in [0, 0.1) is 6.92 Å². The maximum absolute atomic E-state index is 11.9. The molecule has 0 bridgehead atoms. The number of nitrogens with one attached hydrogen (secondary N) is 3. The van der Waals surface area contributed by atoms with Gasteiger partial charge >= 0.3 is 0 Å². The number of pyridine rings is 2. The smallest absolute Gasteiger partial charge is 0.261 e. The van der Waals surface area contributed by atoms with E-state index in [2.05, 4.69) is 31.2 Å². The highest BCUT2D eigenvalue weighted by atomic mass is 79.9. The molecule has 19 heavy (non-hydrogen) atoms. The second-order valence-electron chi connectivity index (χ2n) is 3.89. The summed E-state index contributed by atoms with van der Waals surface area (Å²) < 4.78 is 0.295.